The third kappa shape index (κ3) is 5.48. The minimum absolute atomic E-state index is 0.479. The van der Waals surface area contributed by atoms with Gasteiger partial charge in [0.1, 0.15) is 17.2 Å². The lowest BCUT2D eigenvalue weighted by Gasteiger charge is -2.20. The van der Waals surface area contributed by atoms with E-state index in [1.54, 1.807) is 43.5 Å². The van der Waals surface area contributed by atoms with E-state index in [-0.39, 0.29) is 0 Å². The topological polar surface area (TPSA) is 44.8 Å². The summed E-state index contributed by atoms with van der Waals surface area (Å²) in [5.41, 5.74) is 2.02. The van der Waals surface area contributed by atoms with Crippen LogP contribution in [0.2, 0.25) is 0 Å². The highest BCUT2D eigenvalue weighted by Crippen LogP contribution is 2.47. The molecule has 0 aromatic heterocycles. The van der Waals surface area contributed by atoms with E-state index in [9.17, 15) is 4.57 Å². The first-order chi connectivity index (χ1) is 15.6. The summed E-state index contributed by atoms with van der Waals surface area (Å²) >= 11 is 0. The minimum atomic E-state index is -3.66. The van der Waals surface area contributed by atoms with Crippen molar-refractivity contribution in [3.05, 3.63) is 120 Å². The van der Waals surface area contributed by atoms with Gasteiger partial charge in [-0.1, -0.05) is 72.8 Å². The van der Waals surface area contributed by atoms with Gasteiger partial charge in [0.2, 0.25) is 0 Å². The van der Waals surface area contributed by atoms with Gasteiger partial charge in [-0.3, -0.25) is 0 Å². The van der Waals surface area contributed by atoms with E-state index in [0.717, 1.165) is 16.9 Å². The summed E-state index contributed by atoms with van der Waals surface area (Å²) < 4.78 is 30.8. The number of hydrogen-bond acceptors (Lipinski definition) is 4. The van der Waals surface area contributed by atoms with Crippen LogP contribution in [0.15, 0.2) is 109 Å². The van der Waals surface area contributed by atoms with Gasteiger partial charge in [-0.25, -0.2) is 4.57 Å². The van der Waals surface area contributed by atoms with Crippen LogP contribution in [0.1, 0.15) is 11.1 Å². The monoisotopic (exact) mass is 442 g/mol. The molecule has 0 bridgehead atoms. The molecule has 0 N–H and O–H groups in total. The first-order valence-corrected chi connectivity index (χ1v) is 11.7. The maximum absolute atomic E-state index is 13.8. The molecule has 32 heavy (non-hydrogen) atoms. The zero-order chi connectivity index (χ0) is 22.2. The fraction of sp³-hybridized carbons (Fsp3) is 0.0370. The maximum atomic E-state index is 13.8. The predicted octanol–water partition coefficient (Wildman–Crippen LogP) is 6.84. The summed E-state index contributed by atoms with van der Waals surface area (Å²) in [6, 6.07) is 33.2. The molecular weight excluding hydrogens is 419 g/mol. The van der Waals surface area contributed by atoms with Crippen molar-refractivity contribution in [2.75, 3.05) is 7.11 Å². The molecule has 0 atom stereocenters. The molecule has 4 aromatic carbocycles. The van der Waals surface area contributed by atoms with E-state index < -0.39 is 7.60 Å². The van der Waals surface area contributed by atoms with E-state index in [2.05, 4.69) is 0 Å². The van der Waals surface area contributed by atoms with E-state index in [0.29, 0.717) is 16.8 Å². The van der Waals surface area contributed by atoms with Crippen LogP contribution in [-0.4, -0.2) is 7.11 Å². The van der Waals surface area contributed by atoms with Crippen LogP contribution in [-0.2, 0) is 4.57 Å². The Balaban J connectivity index is 1.58. The maximum Gasteiger partial charge on any atom is 0.462 e. The fourth-order valence-corrected chi connectivity index (χ4v) is 4.60. The molecule has 0 fully saturated rings. The van der Waals surface area contributed by atoms with E-state index in [1.165, 1.54) is 0 Å². The molecule has 4 rings (SSSR count). The van der Waals surface area contributed by atoms with Crippen molar-refractivity contribution >= 4 is 25.1 Å². The first-order valence-electron chi connectivity index (χ1n) is 10.2. The molecule has 0 aliphatic carbocycles. The zero-order valence-corrected chi connectivity index (χ0v) is 18.5. The van der Waals surface area contributed by atoms with Gasteiger partial charge in [0.05, 0.1) is 12.4 Å². The standard InChI is InChI=1S/C27H23O4P/c1-29-24-18-14-22(15-19-24)12-13-23-16-20-27(21-17-23)32(28,30-25-8-4-2-5-9-25)31-26-10-6-3-7-11-26/h2-21H,1H3/b13-12+. The largest absolute Gasteiger partial charge is 0.497 e. The Bertz CT molecular complexity index is 1160. The summed E-state index contributed by atoms with van der Waals surface area (Å²) in [4.78, 5) is 0. The average molecular weight is 442 g/mol. The van der Waals surface area contributed by atoms with Crippen molar-refractivity contribution in [3.8, 4) is 17.2 Å². The molecule has 0 saturated carbocycles. The molecule has 160 valence electrons. The Kier molecular flexibility index (Phi) is 6.74. The van der Waals surface area contributed by atoms with Gasteiger partial charge in [0.25, 0.3) is 0 Å². The van der Waals surface area contributed by atoms with Crippen LogP contribution in [0.25, 0.3) is 12.2 Å². The van der Waals surface area contributed by atoms with Crippen LogP contribution < -0.4 is 19.1 Å². The summed E-state index contributed by atoms with van der Waals surface area (Å²) in [5, 5.41) is 0.479. The summed E-state index contributed by atoms with van der Waals surface area (Å²) in [6.45, 7) is 0. The van der Waals surface area contributed by atoms with Gasteiger partial charge >= 0.3 is 7.60 Å². The minimum Gasteiger partial charge on any atom is -0.497 e. The van der Waals surface area contributed by atoms with Gasteiger partial charge < -0.3 is 13.8 Å². The second-order valence-corrected chi connectivity index (χ2v) is 8.88. The molecule has 0 heterocycles. The van der Waals surface area contributed by atoms with Gasteiger partial charge in [0.15, 0.2) is 0 Å². The number of para-hydroxylation sites is 2. The lowest BCUT2D eigenvalue weighted by Crippen LogP contribution is -2.14. The molecule has 5 heteroatoms. The number of rotatable bonds is 8. The summed E-state index contributed by atoms with van der Waals surface area (Å²) in [7, 11) is -2.01. The van der Waals surface area contributed by atoms with Crippen molar-refractivity contribution in [1.82, 2.24) is 0 Å². The van der Waals surface area contributed by atoms with E-state index >= 15 is 0 Å². The van der Waals surface area contributed by atoms with Crippen molar-refractivity contribution < 1.29 is 18.3 Å². The highest BCUT2D eigenvalue weighted by atomic mass is 31.2. The van der Waals surface area contributed by atoms with Gasteiger partial charge in [-0.15, -0.1) is 0 Å². The molecule has 0 radical (unpaired) electrons. The van der Waals surface area contributed by atoms with Crippen LogP contribution >= 0.6 is 7.60 Å². The fourth-order valence-electron chi connectivity index (χ4n) is 3.04. The SMILES string of the molecule is COc1ccc(/C=C/c2ccc(P(=O)(Oc3ccccc3)Oc3ccccc3)cc2)cc1. The Labute approximate surface area is 188 Å². The normalized spacial score (nSPS) is 11.3. The molecule has 0 aliphatic rings. The van der Waals surface area contributed by atoms with Crippen molar-refractivity contribution in [2.24, 2.45) is 0 Å². The average Bonchev–Trinajstić information content (AvgIpc) is 2.84. The van der Waals surface area contributed by atoms with Gasteiger partial charge in [0, 0.05) is 0 Å². The smallest absolute Gasteiger partial charge is 0.462 e. The lowest BCUT2D eigenvalue weighted by molar-refractivity contribution is 0.399. The predicted molar refractivity (Wildman–Crippen MR) is 130 cm³/mol. The van der Waals surface area contributed by atoms with Crippen molar-refractivity contribution in [3.63, 3.8) is 0 Å². The number of ether oxygens (including phenoxy) is 1. The second kappa shape index (κ2) is 10.0. The molecule has 4 nitrogen and oxygen atoms in total. The zero-order valence-electron chi connectivity index (χ0n) is 17.6. The van der Waals surface area contributed by atoms with Gasteiger partial charge in [-0.05, 0) is 59.7 Å². The Morgan fingerprint density at radius 3 is 1.44 bits per heavy atom. The van der Waals surface area contributed by atoms with Crippen LogP contribution in [0.3, 0.4) is 0 Å². The molecule has 0 saturated heterocycles. The van der Waals surface area contributed by atoms with Gasteiger partial charge in [-0.2, -0.15) is 0 Å². The molecule has 0 spiro atoms. The third-order valence-electron chi connectivity index (χ3n) is 4.73. The molecule has 4 aromatic rings. The number of methoxy groups -OCH3 is 1. The van der Waals surface area contributed by atoms with E-state index in [4.69, 9.17) is 13.8 Å². The van der Waals surface area contributed by atoms with Crippen LogP contribution in [0, 0.1) is 0 Å². The molecular formula is C27H23O4P. The Morgan fingerprint density at radius 2 is 1.00 bits per heavy atom. The number of benzene rings is 4. The second-order valence-electron chi connectivity index (χ2n) is 7.00. The first kappa shape index (κ1) is 21.5. The van der Waals surface area contributed by atoms with E-state index in [1.807, 2.05) is 84.9 Å². The summed E-state index contributed by atoms with van der Waals surface area (Å²) in [6.07, 6.45) is 4.00. The highest BCUT2D eigenvalue weighted by molar-refractivity contribution is 7.63. The third-order valence-corrected chi connectivity index (χ3v) is 6.56. The van der Waals surface area contributed by atoms with Crippen LogP contribution in [0.4, 0.5) is 0 Å². The Morgan fingerprint density at radius 1 is 0.562 bits per heavy atom. The highest BCUT2D eigenvalue weighted by Gasteiger charge is 2.31. The molecule has 0 aliphatic heterocycles. The quantitative estimate of drug-likeness (QED) is 0.221. The molecule has 0 unspecified atom stereocenters. The van der Waals surface area contributed by atoms with Crippen LogP contribution in [0.5, 0.6) is 17.2 Å². The van der Waals surface area contributed by atoms with Crippen molar-refractivity contribution in [2.45, 2.75) is 0 Å². The molecule has 0 amide bonds. The Hall–Kier alpha value is -3.75. The van der Waals surface area contributed by atoms with Crippen molar-refractivity contribution in [1.29, 1.82) is 0 Å². The lowest BCUT2D eigenvalue weighted by atomic mass is 10.1. The summed E-state index contributed by atoms with van der Waals surface area (Å²) in [5.74, 6) is 1.78. The number of hydrogen-bond donors (Lipinski definition) is 0.